The highest BCUT2D eigenvalue weighted by Gasteiger charge is 2.26. The molecule has 0 saturated heterocycles. The van der Waals surface area contributed by atoms with Gasteiger partial charge in [-0.05, 0) is 26.3 Å². The van der Waals surface area contributed by atoms with Crippen molar-refractivity contribution in [1.82, 2.24) is 5.09 Å². The molecule has 0 aromatic carbocycles. The van der Waals surface area contributed by atoms with Gasteiger partial charge in [-0.25, -0.2) is 5.09 Å². The molecule has 2 unspecified atom stereocenters. The molecule has 0 saturated carbocycles. The van der Waals surface area contributed by atoms with Gasteiger partial charge in [0.1, 0.15) is 5.78 Å². The number of carboxylic acids is 1. The first kappa shape index (κ1) is 17.2. The molecule has 8 heteroatoms. The summed E-state index contributed by atoms with van der Waals surface area (Å²) in [6, 6.07) is 0. The lowest BCUT2D eigenvalue weighted by Gasteiger charge is -2.18. The van der Waals surface area contributed by atoms with E-state index in [2.05, 4.69) is 5.09 Å². The Morgan fingerprint density at radius 1 is 1.44 bits per heavy atom. The topological polar surface area (TPSA) is 130 Å². The summed E-state index contributed by atoms with van der Waals surface area (Å²) in [5.74, 6) is -2.00. The number of nitrogens with two attached hydrogens (primary N) is 1. The Morgan fingerprint density at radius 3 is 2.50 bits per heavy atom. The molecular weight excluding hydrogens is 259 g/mol. The number of hydrogen-bond donors (Lipinski definition) is 4. The van der Waals surface area contributed by atoms with Crippen molar-refractivity contribution in [2.75, 3.05) is 19.3 Å². The molecule has 7 nitrogen and oxygen atoms in total. The number of carbonyl (C=O) groups is 2. The minimum atomic E-state index is -3.61. The largest absolute Gasteiger partial charge is 0.481 e. The average molecular weight is 280 g/mol. The van der Waals surface area contributed by atoms with Gasteiger partial charge in [0.2, 0.25) is 0 Å². The van der Waals surface area contributed by atoms with Crippen LogP contribution in [0.15, 0.2) is 0 Å². The number of carbonyl (C=O) groups excluding carboxylic acids is 1. The molecule has 0 aliphatic heterocycles. The van der Waals surface area contributed by atoms with Gasteiger partial charge in [-0.15, -0.1) is 0 Å². The summed E-state index contributed by atoms with van der Waals surface area (Å²) in [6.45, 7) is 2.00. The van der Waals surface area contributed by atoms with Crippen LogP contribution in [0, 0.1) is 5.92 Å². The van der Waals surface area contributed by atoms with E-state index in [9.17, 15) is 19.0 Å². The maximum absolute atomic E-state index is 11.8. The zero-order chi connectivity index (χ0) is 14.2. The van der Waals surface area contributed by atoms with Crippen molar-refractivity contribution in [3.63, 3.8) is 0 Å². The van der Waals surface area contributed by atoms with E-state index in [1.54, 1.807) is 0 Å². The van der Waals surface area contributed by atoms with E-state index in [4.69, 9.17) is 10.8 Å². The molecule has 0 amide bonds. The molecule has 0 aromatic heterocycles. The Hall–Kier alpha value is -0.750. The first-order valence-electron chi connectivity index (χ1n) is 5.77. The fourth-order valence-electron chi connectivity index (χ4n) is 1.44. The molecule has 2 atom stereocenters. The zero-order valence-electron chi connectivity index (χ0n) is 10.5. The maximum atomic E-state index is 11.8. The second-order valence-electron chi connectivity index (χ2n) is 4.17. The number of nitrogens with one attached hydrogen (secondary N) is 1. The van der Waals surface area contributed by atoms with Gasteiger partial charge in [0.05, 0.1) is 0 Å². The van der Waals surface area contributed by atoms with Crippen LogP contribution in [0.5, 0.6) is 0 Å². The third kappa shape index (κ3) is 8.36. The summed E-state index contributed by atoms with van der Waals surface area (Å²) in [6.07, 6.45) is 0.214. The highest BCUT2D eigenvalue weighted by Crippen LogP contribution is 2.38. The van der Waals surface area contributed by atoms with Gasteiger partial charge in [0.15, 0.2) is 0 Å². The number of Topliss-reactive ketones (excluding diaryl/α,β-unsaturated/α-hetero) is 1. The van der Waals surface area contributed by atoms with Crippen LogP contribution in [0.3, 0.4) is 0 Å². The van der Waals surface area contributed by atoms with Crippen LogP contribution in [0.25, 0.3) is 0 Å². The molecule has 0 radical (unpaired) electrons. The van der Waals surface area contributed by atoms with Gasteiger partial charge in [-0.1, -0.05) is 0 Å². The van der Waals surface area contributed by atoms with Crippen molar-refractivity contribution in [1.29, 1.82) is 0 Å². The molecule has 18 heavy (non-hydrogen) atoms. The summed E-state index contributed by atoms with van der Waals surface area (Å²) in [7, 11) is -3.61. The van der Waals surface area contributed by atoms with Crippen LogP contribution in [0.1, 0.15) is 26.2 Å². The lowest BCUT2D eigenvalue weighted by Crippen LogP contribution is -2.23. The Morgan fingerprint density at radius 2 is 2.06 bits per heavy atom. The first-order chi connectivity index (χ1) is 8.28. The van der Waals surface area contributed by atoms with Gasteiger partial charge in [0, 0.05) is 25.0 Å². The van der Waals surface area contributed by atoms with E-state index in [-0.39, 0.29) is 24.8 Å². The zero-order valence-corrected chi connectivity index (χ0v) is 11.4. The van der Waals surface area contributed by atoms with E-state index in [0.717, 1.165) is 0 Å². The third-order valence-electron chi connectivity index (χ3n) is 2.49. The molecule has 0 aliphatic rings. The lowest BCUT2D eigenvalue weighted by atomic mass is 10.0. The standard InChI is InChI=1S/C10H21N2O5P/c1-8(13)9(3-4-10(14)15)7-18(16,17)12-6-2-5-11/h9H,2-7,11H2,1H3,(H,14,15)(H2,12,16,17). The van der Waals surface area contributed by atoms with Crippen LogP contribution < -0.4 is 10.8 Å². The maximum Gasteiger partial charge on any atom is 0.303 e. The number of hydrogen-bond acceptors (Lipinski definition) is 4. The normalized spacial score (nSPS) is 15.9. The molecule has 0 aromatic rings. The number of aliphatic carboxylic acids is 1. The molecular formula is C10H21N2O5P. The van der Waals surface area contributed by atoms with E-state index in [1.807, 2.05) is 0 Å². The Labute approximate surface area is 106 Å². The van der Waals surface area contributed by atoms with Crippen LogP contribution in [-0.2, 0) is 14.2 Å². The lowest BCUT2D eigenvalue weighted by molar-refractivity contribution is -0.137. The van der Waals surface area contributed by atoms with Crippen molar-refractivity contribution in [2.45, 2.75) is 26.2 Å². The monoisotopic (exact) mass is 280 g/mol. The van der Waals surface area contributed by atoms with Gasteiger partial charge < -0.3 is 15.7 Å². The molecule has 106 valence electrons. The molecule has 0 spiro atoms. The quantitative estimate of drug-likeness (QED) is 0.332. The first-order valence-corrected chi connectivity index (χ1v) is 7.62. The second kappa shape index (κ2) is 8.37. The highest BCUT2D eigenvalue weighted by atomic mass is 31.2. The van der Waals surface area contributed by atoms with Gasteiger partial charge in [-0.2, -0.15) is 0 Å². The van der Waals surface area contributed by atoms with Gasteiger partial charge in [0.25, 0.3) is 7.52 Å². The van der Waals surface area contributed by atoms with Crippen molar-refractivity contribution in [3.8, 4) is 0 Å². The smallest absolute Gasteiger partial charge is 0.303 e. The van der Waals surface area contributed by atoms with E-state index < -0.39 is 19.4 Å². The Kier molecular flexibility index (Phi) is 8.02. The van der Waals surface area contributed by atoms with Crippen LogP contribution in [0.4, 0.5) is 0 Å². The number of carboxylic acid groups (broad SMARTS) is 1. The van der Waals surface area contributed by atoms with Gasteiger partial charge in [-0.3, -0.25) is 14.2 Å². The predicted molar refractivity (Wildman–Crippen MR) is 67.4 cm³/mol. The molecule has 0 heterocycles. The van der Waals surface area contributed by atoms with E-state index >= 15 is 0 Å². The fraction of sp³-hybridized carbons (Fsp3) is 0.800. The third-order valence-corrected chi connectivity index (χ3v) is 4.14. The summed E-state index contributed by atoms with van der Waals surface area (Å²) in [5.41, 5.74) is 5.26. The molecule has 5 N–H and O–H groups in total. The van der Waals surface area contributed by atoms with E-state index in [0.29, 0.717) is 19.5 Å². The summed E-state index contributed by atoms with van der Waals surface area (Å²) in [5, 5.41) is 11.0. The summed E-state index contributed by atoms with van der Waals surface area (Å²) >= 11 is 0. The highest BCUT2D eigenvalue weighted by molar-refractivity contribution is 7.55. The minimum absolute atomic E-state index is 0.0772. The number of rotatable bonds is 10. The Balaban J connectivity index is 4.33. The molecule has 0 aliphatic carbocycles. The van der Waals surface area contributed by atoms with Crippen LogP contribution in [0.2, 0.25) is 0 Å². The minimum Gasteiger partial charge on any atom is -0.481 e. The van der Waals surface area contributed by atoms with Crippen molar-refractivity contribution >= 4 is 19.3 Å². The van der Waals surface area contributed by atoms with E-state index in [1.165, 1.54) is 6.92 Å². The fourth-order valence-corrected chi connectivity index (χ4v) is 3.11. The van der Waals surface area contributed by atoms with Crippen LogP contribution >= 0.6 is 7.52 Å². The summed E-state index contributed by atoms with van der Waals surface area (Å²) in [4.78, 5) is 31.4. The average Bonchev–Trinajstić information content (AvgIpc) is 2.23. The number of ketones is 1. The summed E-state index contributed by atoms with van der Waals surface area (Å²) < 4.78 is 11.8. The SMILES string of the molecule is CC(=O)C(CCC(=O)O)CP(=O)(O)NCCCN. The molecule has 0 rings (SSSR count). The predicted octanol–water partition coefficient (Wildman–Crippen LogP) is 0.180. The molecule has 0 fully saturated rings. The Bertz CT molecular complexity index is 334. The van der Waals surface area contributed by atoms with Crippen LogP contribution in [-0.4, -0.2) is 41.0 Å². The van der Waals surface area contributed by atoms with Crippen molar-refractivity contribution in [2.24, 2.45) is 11.7 Å². The molecule has 0 bridgehead atoms. The second-order valence-corrected chi connectivity index (χ2v) is 6.26. The van der Waals surface area contributed by atoms with Crippen molar-refractivity contribution in [3.05, 3.63) is 0 Å². The van der Waals surface area contributed by atoms with Crippen molar-refractivity contribution < 1.29 is 24.2 Å². The van der Waals surface area contributed by atoms with Gasteiger partial charge >= 0.3 is 5.97 Å².